The summed E-state index contributed by atoms with van der Waals surface area (Å²) < 4.78 is 6.01. The minimum atomic E-state index is -0.392. The number of benzene rings is 1. The van der Waals surface area contributed by atoms with E-state index in [1.165, 1.54) is 17.8 Å². The van der Waals surface area contributed by atoms with Crippen LogP contribution in [0.5, 0.6) is 5.75 Å². The van der Waals surface area contributed by atoms with E-state index < -0.39 is 5.92 Å². The van der Waals surface area contributed by atoms with Crippen LogP contribution in [0.25, 0.3) is 0 Å². The van der Waals surface area contributed by atoms with Crippen LogP contribution in [0.15, 0.2) is 71.2 Å². The molecular formula is C25H28N2O3S. The number of thioether (sulfide) groups is 1. The normalized spacial score (nSPS) is 19.0. The molecule has 31 heavy (non-hydrogen) atoms. The maximum atomic E-state index is 12.2. The zero-order valence-electron chi connectivity index (χ0n) is 18.3. The fourth-order valence-electron chi connectivity index (χ4n) is 2.97. The maximum Gasteiger partial charge on any atom is 0.244 e. The molecule has 0 saturated carbocycles. The van der Waals surface area contributed by atoms with Crippen LogP contribution in [0, 0.1) is 17.2 Å². The van der Waals surface area contributed by atoms with Crippen LogP contribution in [0.3, 0.4) is 0 Å². The average Bonchev–Trinajstić information content (AvgIpc) is 3.08. The lowest BCUT2D eigenvalue weighted by molar-refractivity contribution is -0.116. The molecule has 0 saturated heterocycles. The SMILES string of the molecule is C/C=C\C=C\C(=O)NC1SC(C[C@@H](C)Oc2cccc(C(=O)C=C(C)C)c2)=CC1C#N. The monoisotopic (exact) mass is 436 g/mol. The molecule has 5 nitrogen and oxygen atoms in total. The van der Waals surface area contributed by atoms with Gasteiger partial charge in [0.15, 0.2) is 5.78 Å². The van der Waals surface area contributed by atoms with E-state index in [1.807, 2.05) is 45.9 Å². The van der Waals surface area contributed by atoms with Gasteiger partial charge in [0, 0.05) is 18.1 Å². The molecule has 0 bridgehead atoms. The Hall–Kier alpha value is -3.04. The summed E-state index contributed by atoms with van der Waals surface area (Å²) in [5, 5.41) is 12.0. The zero-order chi connectivity index (χ0) is 22.8. The number of rotatable bonds is 9. The van der Waals surface area contributed by atoms with Gasteiger partial charge in [-0.05, 0) is 50.8 Å². The van der Waals surface area contributed by atoms with Gasteiger partial charge >= 0.3 is 0 Å². The predicted molar refractivity (Wildman–Crippen MR) is 126 cm³/mol. The molecule has 0 aromatic heterocycles. The van der Waals surface area contributed by atoms with Crippen LogP contribution in [0.4, 0.5) is 0 Å². The Kier molecular flexibility index (Phi) is 9.36. The fraction of sp³-hybridized carbons (Fsp3) is 0.320. The summed E-state index contributed by atoms with van der Waals surface area (Å²) >= 11 is 1.48. The second-order valence-electron chi connectivity index (χ2n) is 7.47. The van der Waals surface area contributed by atoms with Crippen LogP contribution in [-0.2, 0) is 4.79 Å². The lowest BCUT2D eigenvalue weighted by Gasteiger charge is -2.17. The third kappa shape index (κ3) is 7.95. The first-order chi connectivity index (χ1) is 14.8. The molecule has 0 radical (unpaired) electrons. The number of amides is 1. The van der Waals surface area contributed by atoms with Crippen molar-refractivity contribution in [3.63, 3.8) is 0 Å². The highest BCUT2D eigenvalue weighted by atomic mass is 32.2. The number of nitrogens with one attached hydrogen (secondary N) is 1. The first-order valence-electron chi connectivity index (χ1n) is 10.1. The molecule has 6 heteroatoms. The van der Waals surface area contributed by atoms with Crippen LogP contribution in [-0.4, -0.2) is 23.2 Å². The Labute approximate surface area is 188 Å². The zero-order valence-corrected chi connectivity index (χ0v) is 19.1. The van der Waals surface area contributed by atoms with Gasteiger partial charge in [0.25, 0.3) is 0 Å². The third-order valence-corrected chi connectivity index (χ3v) is 5.59. The summed E-state index contributed by atoms with van der Waals surface area (Å²) in [7, 11) is 0. The fourth-order valence-corrected chi connectivity index (χ4v) is 4.31. The minimum absolute atomic E-state index is 0.0499. The van der Waals surface area contributed by atoms with Crippen molar-refractivity contribution in [3.05, 3.63) is 76.8 Å². The van der Waals surface area contributed by atoms with E-state index in [2.05, 4.69) is 11.4 Å². The van der Waals surface area contributed by atoms with Crippen molar-refractivity contribution in [2.45, 2.75) is 45.6 Å². The lowest BCUT2D eigenvalue weighted by atomic mass is 10.1. The van der Waals surface area contributed by atoms with Crippen molar-refractivity contribution < 1.29 is 14.3 Å². The minimum Gasteiger partial charge on any atom is -0.490 e. The van der Waals surface area contributed by atoms with E-state index in [0.29, 0.717) is 17.7 Å². The van der Waals surface area contributed by atoms with Crippen molar-refractivity contribution in [2.24, 2.45) is 5.92 Å². The summed E-state index contributed by atoms with van der Waals surface area (Å²) in [6.45, 7) is 7.59. The quantitative estimate of drug-likeness (QED) is 0.321. The molecular weight excluding hydrogens is 408 g/mol. The second kappa shape index (κ2) is 12.0. The molecule has 1 N–H and O–H groups in total. The highest BCUT2D eigenvalue weighted by Gasteiger charge is 2.30. The molecule has 2 unspecified atom stereocenters. The molecule has 162 valence electrons. The number of hydrogen-bond donors (Lipinski definition) is 1. The Morgan fingerprint density at radius 1 is 1.32 bits per heavy atom. The van der Waals surface area contributed by atoms with Gasteiger partial charge in [-0.1, -0.05) is 42.0 Å². The standard InChI is InChI=1S/C25H28N2O3S/c1-5-6-7-11-24(29)27-25-20(16-26)15-22(31-25)13-18(4)30-21-10-8-9-19(14-21)23(28)12-17(2)3/h5-12,14-15,18,20,25H,13H2,1-4H3,(H,27,29)/b6-5-,11-7+/t18-,20?,25?/m1/s1. The van der Waals surface area contributed by atoms with Gasteiger partial charge in [0.1, 0.15) is 11.9 Å². The molecule has 0 spiro atoms. The Morgan fingerprint density at radius 3 is 2.77 bits per heavy atom. The highest BCUT2D eigenvalue weighted by molar-refractivity contribution is 8.03. The number of nitrogens with zero attached hydrogens (tertiary/aromatic N) is 1. The van der Waals surface area contributed by atoms with Crippen molar-refractivity contribution in [1.82, 2.24) is 5.32 Å². The van der Waals surface area contributed by atoms with Gasteiger partial charge in [-0.15, -0.1) is 11.8 Å². The number of nitriles is 1. The Morgan fingerprint density at radius 2 is 2.10 bits per heavy atom. The van der Waals surface area contributed by atoms with E-state index in [4.69, 9.17) is 4.74 Å². The van der Waals surface area contributed by atoms with Crippen molar-refractivity contribution in [3.8, 4) is 11.8 Å². The molecule has 1 aromatic rings. The maximum absolute atomic E-state index is 12.2. The summed E-state index contributed by atoms with van der Waals surface area (Å²) in [6.07, 6.45) is 10.7. The number of hydrogen-bond acceptors (Lipinski definition) is 5. The molecule has 1 aromatic carbocycles. The third-order valence-electron chi connectivity index (χ3n) is 4.32. The number of carbonyl (C=O) groups excluding carboxylic acids is 2. The van der Waals surface area contributed by atoms with E-state index in [9.17, 15) is 14.9 Å². The summed E-state index contributed by atoms with van der Waals surface area (Å²) in [6, 6.07) is 9.38. The number of ether oxygens (including phenoxy) is 1. The lowest BCUT2D eigenvalue weighted by Crippen LogP contribution is -2.34. The van der Waals surface area contributed by atoms with Crippen LogP contribution in [0.1, 0.15) is 44.5 Å². The van der Waals surface area contributed by atoms with E-state index >= 15 is 0 Å². The summed E-state index contributed by atoms with van der Waals surface area (Å²) in [5.41, 5.74) is 1.53. The number of carbonyl (C=O) groups is 2. The van der Waals surface area contributed by atoms with Gasteiger partial charge in [-0.25, -0.2) is 0 Å². The van der Waals surface area contributed by atoms with Gasteiger partial charge in [-0.2, -0.15) is 5.26 Å². The van der Waals surface area contributed by atoms with Crippen molar-refractivity contribution in [2.75, 3.05) is 0 Å². The van der Waals surface area contributed by atoms with E-state index in [-0.39, 0.29) is 23.2 Å². The van der Waals surface area contributed by atoms with Crippen molar-refractivity contribution >= 4 is 23.5 Å². The molecule has 0 aliphatic carbocycles. The van der Waals surface area contributed by atoms with Crippen LogP contribution in [0.2, 0.25) is 0 Å². The Bertz CT molecular complexity index is 965. The largest absolute Gasteiger partial charge is 0.490 e. The Balaban J connectivity index is 1.96. The highest BCUT2D eigenvalue weighted by Crippen LogP contribution is 2.37. The summed E-state index contributed by atoms with van der Waals surface area (Å²) in [4.78, 5) is 25.3. The van der Waals surface area contributed by atoms with E-state index in [1.54, 1.807) is 36.4 Å². The van der Waals surface area contributed by atoms with Gasteiger partial charge in [-0.3, -0.25) is 9.59 Å². The molecule has 0 fully saturated rings. The molecule has 1 heterocycles. The topological polar surface area (TPSA) is 79.2 Å². The number of ketones is 1. The van der Waals surface area contributed by atoms with E-state index in [0.717, 1.165) is 10.5 Å². The van der Waals surface area contributed by atoms with Gasteiger partial charge < -0.3 is 10.1 Å². The van der Waals surface area contributed by atoms with Gasteiger partial charge in [0.2, 0.25) is 5.91 Å². The van der Waals surface area contributed by atoms with Crippen LogP contribution >= 0.6 is 11.8 Å². The molecule has 1 aliphatic rings. The predicted octanol–water partition coefficient (Wildman–Crippen LogP) is 5.34. The molecule has 3 atom stereocenters. The smallest absolute Gasteiger partial charge is 0.244 e. The molecule has 1 aliphatic heterocycles. The van der Waals surface area contributed by atoms with Gasteiger partial charge in [0.05, 0.1) is 17.4 Å². The molecule has 1 amide bonds. The van der Waals surface area contributed by atoms with Crippen molar-refractivity contribution in [1.29, 1.82) is 5.26 Å². The molecule has 2 rings (SSSR count). The first-order valence-corrected chi connectivity index (χ1v) is 11.0. The second-order valence-corrected chi connectivity index (χ2v) is 8.73. The first kappa shape index (κ1) is 24.2. The average molecular weight is 437 g/mol. The summed E-state index contributed by atoms with van der Waals surface area (Å²) in [5.74, 6) is -0.0464. The number of allylic oxidation sites excluding steroid dienone is 5. The van der Waals surface area contributed by atoms with Crippen LogP contribution < -0.4 is 10.1 Å².